The van der Waals surface area contributed by atoms with E-state index in [1.54, 1.807) is 0 Å². The fourth-order valence-corrected chi connectivity index (χ4v) is 2.12. The molecule has 0 fully saturated rings. The zero-order valence-corrected chi connectivity index (χ0v) is 11.8. The third-order valence-corrected chi connectivity index (χ3v) is 3.11. The molecule has 0 saturated heterocycles. The summed E-state index contributed by atoms with van der Waals surface area (Å²) in [4.78, 5) is 1.92. The van der Waals surface area contributed by atoms with Crippen LogP contribution in [0.5, 0.6) is 0 Å². The van der Waals surface area contributed by atoms with Gasteiger partial charge >= 0.3 is 0 Å². The van der Waals surface area contributed by atoms with Gasteiger partial charge in [-0.15, -0.1) is 0 Å². The number of aryl methyl sites for hydroxylation is 2. The number of hydrogen-bond acceptors (Lipinski definition) is 4. The minimum absolute atomic E-state index is 0.173. The summed E-state index contributed by atoms with van der Waals surface area (Å²) in [5, 5.41) is 16.7. The molecule has 0 aliphatic heterocycles. The topological polar surface area (TPSA) is 79.7 Å². The van der Waals surface area contributed by atoms with E-state index in [9.17, 15) is 0 Å². The molecular formula is C11H20ClN5O. The van der Waals surface area contributed by atoms with Crippen molar-refractivity contribution in [3.8, 4) is 0 Å². The highest BCUT2D eigenvalue weighted by molar-refractivity contribution is 6.31. The summed E-state index contributed by atoms with van der Waals surface area (Å²) in [7, 11) is 1.88. The molecule has 3 N–H and O–H groups in total. The SMILES string of the molecule is CCc1nn(CC)c(CN(C)C/C(N)=N/O)c1Cl. The number of halogens is 1. The van der Waals surface area contributed by atoms with Crippen LogP contribution >= 0.6 is 11.6 Å². The van der Waals surface area contributed by atoms with Crippen LogP contribution in [-0.2, 0) is 19.5 Å². The Bertz CT molecular complexity index is 429. The van der Waals surface area contributed by atoms with Crippen LogP contribution in [0.2, 0.25) is 5.02 Å². The third-order valence-electron chi connectivity index (χ3n) is 2.67. The van der Waals surface area contributed by atoms with Crippen molar-refractivity contribution in [2.45, 2.75) is 33.4 Å². The molecule has 6 nitrogen and oxygen atoms in total. The van der Waals surface area contributed by atoms with Gasteiger partial charge in [-0.25, -0.2) is 0 Å². The summed E-state index contributed by atoms with van der Waals surface area (Å²) >= 11 is 6.30. The molecule has 0 radical (unpaired) electrons. The number of nitrogens with zero attached hydrogens (tertiary/aromatic N) is 4. The predicted octanol–water partition coefficient (Wildman–Crippen LogP) is 1.30. The molecule has 7 heteroatoms. The zero-order valence-electron chi connectivity index (χ0n) is 11.0. The van der Waals surface area contributed by atoms with Gasteiger partial charge in [-0.05, 0) is 20.4 Å². The highest BCUT2D eigenvalue weighted by atomic mass is 35.5. The minimum Gasteiger partial charge on any atom is -0.409 e. The highest BCUT2D eigenvalue weighted by Crippen LogP contribution is 2.22. The van der Waals surface area contributed by atoms with Crippen LogP contribution in [0.25, 0.3) is 0 Å². The second-order valence-corrected chi connectivity index (χ2v) is 4.52. The van der Waals surface area contributed by atoms with Gasteiger partial charge in [-0.1, -0.05) is 23.7 Å². The van der Waals surface area contributed by atoms with Gasteiger partial charge in [0, 0.05) is 13.1 Å². The molecule has 0 atom stereocenters. The lowest BCUT2D eigenvalue weighted by Crippen LogP contribution is -2.31. The Hall–Kier alpha value is -1.27. The Morgan fingerprint density at radius 2 is 2.22 bits per heavy atom. The van der Waals surface area contributed by atoms with Crippen molar-refractivity contribution < 1.29 is 5.21 Å². The Morgan fingerprint density at radius 1 is 1.56 bits per heavy atom. The molecule has 1 aromatic rings. The van der Waals surface area contributed by atoms with Crippen molar-refractivity contribution in [1.29, 1.82) is 0 Å². The van der Waals surface area contributed by atoms with Gasteiger partial charge < -0.3 is 10.9 Å². The first-order valence-electron chi connectivity index (χ1n) is 5.92. The number of oxime groups is 1. The van der Waals surface area contributed by atoms with Crippen LogP contribution in [-0.4, -0.2) is 39.3 Å². The first kappa shape index (κ1) is 14.8. The smallest absolute Gasteiger partial charge is 0.153 e. The lowest BCUT2D eigenvalue weighted by molar-refractivity contribution is 0.306. The van der Waals surface area contributed by atoms with E-state index in [0.29, 0.717) is 18.1 Å². The van der Waals surface area contributed by atoms with Crippen LogP contribution < -0.4 is 5.73 Å². The molecule has 1 aromatic heterocycles. The molecule has 0 aromatic carbocycles. The maximum Gasteiger partial charge on any atom is 0.153 e. The van der Waals surface area contributed by atoms with E-state index in [0.717, 1.165) is 24.4 Å². The summed E-state index contributed by atoms with van der Waals surface area (Å²) in [5.41, 5.74) is 7.34. The van der Waals surface area contributed by atoms with Gasteiger partial charge in [0.25, 0.3) is 0 Å². The first-order chi connectivity index (χ1) is 8.53. The fourth-order valence-electron chi connectivity index (χ4n) is 1.79. The van der Waals surface area contributed by atoms with Crippen molar-refractivity contribution in [2.24, 2.45) is 10.9 Å². The van der Waals surface area contributed by atoms with E-state index in [4.69, 9.17) is 22.5 Å². The summed E-state index contributed by atoms with van der Waals surface area (Å²) in [6.45, 7) is 5.81. The fraction of sp³-hybridized carbons (Fsp3) is 0.636. The number of hydrogen-bond donors (Lipinski definition) is 2. The number of aromatic nitrogens is 2. The maximum atomic E-state index is 8.54. The molecule has 1 rings (SSSR count). The van der Waals surface area contributed by atoms with Gasteiger partial charge in [0.15, 0.2) is 5.84 Å². The van der Waals surface area contributed by atoms with E-state index < -0.39 is 0 Å². The molecule has 0 bridgehead atoms. The largest absolute Gasteiger partial charge is 0.409 e. The number of amidine groups is 1. The van der Waals surface area contributed by atoms with Crippen molar-refractivity contribution in [3.63, 3.8) is 0 Å². The minimum atomic E-state index is 0.173. The predicted molar refractivity (Wildman–Crippen MR) is 72.0 cm³/mol. The van der Waals surface area contributed by atoms with Crippen molar-refractivity contribution in [1.82, 2.24) is 14.7 Å². The summed E-state index contributed by atoms with van der Waals surface area (Å²) in [5.74, 6) is 0.173. The molecule has 0 unspecified atom stereocenters. The second-order valence-electron chi connectivity index (χ2n) is 4.14. The standard InChI is InChI=1S/C11H20ClN5O/c1-4-8-11(12)9(17(5-2)14-8)6-16(3)7-10(13)15-18/h18H,4-7H2,1-3H3,(H2,13,15). The number of nitrogens with two attached hydrogens (primary N) is 1. The van der Waals surface area contributed by atoms with E-state index >= 15 is 0 Å². The number of rotatable bonds is 6. The van der Waals surface area contributed by atoms with Gasteiger partial charge in [0.05, 0.1) is 23.0 Å². The van der Waals surface area contributed by atoms with Gasteiger partial charge in [0.2, 0.25) is 0 Å². The summed E-state index contributed by atoms with van der Waals surface area (Å²) in [6.07, 6.45) is 0.808. The maximum absolute atomic E-state index is 8.54. The van der Waals surface area contributed by atoms with Crippen LogP contribution in [0.15, 0.2) is 5.16 Å². The first-order valence-corrected chi connectivity index (χ1v) is 6.30. The summed E-state index contributed by atoms with van der Waals surface area (Å²) in [6, 6.07) is 0. The van der Waals surface area contributed by atoms with Gasteiger partial charge in [-0.2, -0.15) is 5.10 Å². The molecule has 1 heterocycles. The molecule has 0 aliphatic carbocycles. The highest BCUT2D eigenvalue weighted by Gasteiger charge is 2.16. The molecule has 0 spiro atoms. The lowest BCUT2D eigenvalue weighted by atomic mass is 10.3. The van der Waals surface area contributed by atoms with Crippen LogP contribution in [0.1, 0.15) is 25.2 Å². The Morgan fingerprint density at radius 3 is 2.72 bits per heavy atom. The Balaban J connectivity index is 2.86. The zero-order chi connectivity index (χ0) is 13.7. The molecule has 18 heavy (non-hydrogen) atoms. The van der Waals surface area contributed by atoms with Crippen molar-refractivity contribution >= 4 is 17.4 Å². The van der Waals surface area contributed by atoms with E-state index in [2.05, 4.69) is 10.3 Å². The molecule has 0 amide bonds. The van der Waals surface area contributed by atoms with Crippen LogP contribution in [0.4, 0.5) is 0 Å². The average molecular weight is 274 g/mol. The van der Waals surface area contributed by atoms with E-state index in [1.165, 1.54) is 0 Å². The van der Waals surface area contributed by atoms with Crippen molar-refractivity contribution in [2.75, 3.05) is 13.6 Å². The average Bonchev–Trinajstić information content (AvgIpc) is 2.66. The number of likely N-dealkylation sites (N-methyl/N-ethyl adjacent to an activating group) is 1. The molecular weight excluding hydrogens is 254 g/mol. The lowest BCUT2D eigenvalue weighted by Gasteiger charge is -2.16. The van der Waals surface area contributed by atoms with E-state index in [1.807, 2.05) is 30.5 Å². The van der Waals surface area contributed by atoms with Gasteiger partial charge in [0.1, 0.15) is 0 Å². The second kappa shape index (κ2) is 6.61. The molecule has 102 valence electrons. The third kappa shape index (κ3) is 3.36. The van der Waals surface area contributed by atoms with Gasteiger partial charge in [-0.3, -0.25) is 9.58 Å². The van der Waals surface area contributed by atoms with Crippen LogP contribution in [0.3, 0.4) is 0 Å². The van der Waals surface area contributed by atoms with Crippen molar-refractivity contribution in [3.05, 3.63) is 16.4 Å². The Labute approximate surface area is 112 Å². The van der Waals surface area contributed by atoms with E-state index in [-0.39, 0.29) is 5.84 Å². The molecule has 0 saturated carbocycles. The monoisotopic (exact) mass is 273 g/mol. The quantitative estimate of drug-likeness (QED) is 0.354. The normalized spacial score (nSPS) is 12.4. The molecule has 0 aliphatic rings. The van der Waals surface area contributed by atoms with Crippen LogP contribution in [0, 0.1) is 0 Å². The summed E-state index contributed by atoms with van der Waals surface area (Å²) < 4.78 is 1.89. The Kier molecular flexibility index (Phi) is 5.43.